The molecule has 0 heterocycles. The van der Waals surface area contributed by atoms with Crippen LogP contribution in [0, 0.1) is 12.8 Å². The van der Waals surface area contributed by atoms with E-state index in [4.69, 9.17) is 11.6 Å². The van der Waals surface area contributed by atoms with E-state index >= 15 is 0 Å². The van der Waals surface area contributed by atoms with E-state index in [0.29, 0.717) is 0 Å². The van der Waals surface area contributed by atoms with Gasteiger partial charge in [0.25, 0.3) is 0 Å². The number of hydrogen-bond acceptors (Lipinski definition) is 0. The summed E-state index contributed by atoms with van der Waals surface area (Å²) >= 11 is 9.66. The van der Waals surface area contributed by atoms with Crippen LogP contribution in [0.1, 0.15) is 43.2 Å². The highest BCUT2D eigenvalue weighted by Crippen LogP contribution is 2.32. The van der Waals surface area contributed by atoms with Crippen molar-refractivity contribution in [2.24, 2.45) is 5.92 Å². The van der Waals surface area contributed by atoms with E-state index in [9.17, 15) is 0 Å². The normalized spacial score (nSPS) is 18.1. The molecule has 0 saturated heterocycles. The van der Waals surface area contributed by atoms with Crippen LogP contribution in [0.5, 0.6) is 0 Å². The molecule has 98 valence electrons. The number of aryl methyl sites for hydroxylation is 1. The van der Waals surface area contributed by atoms with Crippen LogP contribution in [0.15, 0.2) is 23.8 Å². The minimum atomic E-state index is 0.771. The monoisotopic (exact) mass is 326 g/mol. The van der Waals surface area contributed by atoms with Crippen LogP contribution in [-0.4, -0.2) is 5.33 Å². The molecule has 0 aliphatic heterocycles. The first-order valence-corrected chi connectivity index (χ1v) is 8.23. The third-order valence-corrected chi connectivity index (χ3v) is 4.74. The van der Waals surface area contributed by atoms with E-state index in [1.54, 1.807) is 5.57 Å². The highest BCUT2D eigenvalue weighted by molar-refractivity contribution is 9.09. The topological polar surface area (TPSA) is 0 Å². The molecule has 0 atom stereocenters. The van der Waals surface area contributed by atoms with Crippen molar-refractivity contribution in [2.45, 2.75) is 39.0 Å². The molecule has 18 heavy (non-hydrogen) atoms. The number of benzene rings is 1. The molecule has 0 spiro atoms. The van der Waals surface area contributed by atoms with E-state index in [-0.39, 0.29) is 0 Å². The van der Waals surface area contributed by atoms with E-state index in [2.05, 4.69) is 35.0 Å². The summed E-state index contributed by atoms with van der Waals surface area (Å²) < 4.78 is 0. The van der Waals surface area contributed by atoms with Gasteiger partial charge in [0.1, 0.15) is 0 Å². The average Bonchev–Trinajstić information content (AvgIpc) is 2.39. The predicted octanol–water partition coefficient (Wildman–Crippen LogP) is 6.01. The average molecular weight is 328 g/mol. The summed E-state index contributed by atoms with van der Waals surface area (Å²) in [6, 6.07) is 6.15. The first kappa shape index (κ1) is 14.1. The van der Waals surface area contributed by atoms with Gasteiger partial charge in [0.2, 0.25) is 0 Å². The molecule has 2 rings (SSSR count). The SMILES string of the molecule is Cc1cc(Cl)ccc1/C=C(/CBr)C1CCCCC1. The second-order valence-corrected chi connectivity index (χ2v) is 6.19. The Bertz CT molecular complexity index is 431. The Morgan fingerprint density at radius 3 is 2.67 bits per heavy atom. The quantitative estimate of drug-likeness (QED) is 0.597. The molecular weight excluding hydrogens is 308 g/mol. The lowest BCUT2D eigenvalue weighted by Gasteiger charge is -2.23. The predicted molar refractivity (Wildman–Crippen MR) is 84.5 cm³/mol. The lowest BCUT2D eigenvalue weighted by Crippen LogP contribution is -2.10. The largest absolute Gasteiger partial charge is 0.0880 e. The molecule has 0 nitrogen and oxygen atoms in total. The fraction of sp³-hybridized carbons (Fsp3) is 0.500. The first-order valence-electron chi connectivity index (χ1n) is 6.73. The number of alkyl halides is 1. The maximum Gasteiger partial charge on any atom is 0.0409 e. The zero-order valence-electron chi connectivity index (χ0n) is 10.9. The Morgan fingerprint density at radius 2 is 2.06 bits per heavy atom. The van der Waals surface area contributed by atoms with Gasteiger partial charge >= 0.3 is 0 Å². The Balaban J connectivity index is 2.22. The van der Waals surface area contributed by atoms with Crippen molar-refractivity contribution in [3.8, 4) is 0 Å². The molecule has 0 bridgehead atoms. The lowest BCUT2D eigenvalue weighted by molar-refractivity contribution is 0.405. The van der Waals surface area contributed by atoms with Gasteiger partial charge in [0.15, 0.2) is 0 Å². The summed E-state index contributed by atoms with van der Waals surface area (Å²) in [5.41, 5.74) is 4.11. The van der Waals surface area contributed by atoms with Crippen LogP contribution in [0.2, 0.25) is 5.02 Å². The summed E-state index contributed by atoms with van der Waals surface area (Å²) in [6.45, 7) is 2.13. The van der Waals surface area contributed by atoms with Crippen molar-refractivity contribution >= 4 is 33.6 Å². The van der Waals surface area contributed by atoms with Crippen LogP contribution >= 0.6 is 27.5 Å². The lowest BCUT2D eigenvalue weighted by atomic mass is 9.83. The summed E-state index contributed by atoms with van der Waals surface area (Å²) in [6.07, 6.45) is 9.24. The van der Waals surface area contributed by atoms with Gasteiger partial charge in [-0.2, -0.15) is 0 Å². The zero-order chi connectivity index (χ0) is 13.0. The third-order valence-electron chi connectivity index (χ3n) is 3.86. The zero-order valence-corrected chi connectivity index (χ0v) is 13.2. The van der Waals surface area contributed by atoms with Crippen molar-refractivity contribution in [3.05, 3.63) is 39.9 Å². The van der Waals surface area contributed by atoms with Crippen molar-refractivity contribution in [1.82, 2.24) is 0 Å². The molecular formula is C16H20BrCl. The van der Waals surface area contributed by atoms with Crippen LogP contribution in [0.25, 0.3) is 6.08 Å². The van der Waals surface area contributed by atoms with E-state index < -0.39 is 0 Å². The highest BCUT2D eigenvalue weighted by atomic mass is 79.9. The second-order valence-electron chi connectivity index (χ2n) is 5.19. The maximum atomic E-state index is 6.01. The molecule has 1 aliphatic rings. The van der Waals surface area contributed by atoms with Gasteiger partial charge < -0.3 is 0 Å². The van der Waals surface area contributed by atoms with Crippen LogP contribution in [0.3, 0.4) is 0 Å². The van der Waals surface area contributed by atoms with Gasteiger partial charge in [-0.05, 0) is 48.9 Å². The molecule has 0 aromatic heterocycles. The van der Waals surface area contributed by atoms with Crippen LogP contribution < -0.4 is 0 Å². The van der Waals surface area contributed by atoms with Gasteiger partial charge in [0.05, 0.1) is 0 Å². The number of allylic oxidation sites excluding steroid dienone is 1. The van der Waals surface area contributed by atoms with Gasteiger partial charge in [0, 0.05) is 10.4 Å². The van der Waals surface area contributed by atoms with Gasteiger partial charge in [-0.3, -0.25) is 0 Å². The second kappa shape index (κ2) is 6.77. The number of hydrogen-bond donors (Lipinski definition) is 0. The highest BCUT2D eigenvalue weighted by Gasteiger charge is 2.17. The molecule has 1 fully saturated rings. The standard InChI is InChI=1S/C16H20BrCl/c1-12-9-16(18)8-7-14(12)10-15(11-17)13-5-3-2-4-6-13/h7-10,13H,2-6,11H2,1H3/b15-10-. The molecule has 0 unspecified atom stereocenters. The summed E-state index contributed by atoms with van der Waals surface area (Å²) in [4.78, 5) is 0. The Labute approximate surface area is 124 Å². The molecule has 1 aromatic carbocycles. The van der Waals surface area contributed by atoms with Crippen molar-refractivity contribution in [3.63, 3.8) is 0 Å². The summed E-state index contributed by atoms with van der Waals surface area (Å²) in [5, 5.41) is 1.81. The van der Waals surface area contributed by atoms with Crippen LogP contribution in [-0.2, 0) is 0 Å². The fourth-order valence-corrected chi connectivity index (χ4v) is 3.59. The Hall–Kier alpha value is -0.270. The maximum absolute atomic E-state index is 6.01. The molecule has 1 aliphatic carbocycles. The first-order chi connectivity index (χ1) is 8.70. The molecule has 1 aromatic rings. The van der Waals surface area contributed by atoms with E-state index in [1.807, 2.05) is 12.1 Å². The van der Waals surface area contributed by atoms with Crippen molar-refractivity contribution in [1.29, 1.82) is 0 Å². The molecule has 2 heteroatoms. The van der Waals surface area contributed by atoms with Crippen molar-refractivity contribution < 1.29 is 0 Å². The summed E-state index contributed by atoms with van der Waals surface area (Å²) in [7, 11) is 0. The van der Waals surface area contributed by atoms with Gasteiger partial charge in [-0.15, -0.1) is 0 Å². The molecule has 0 N–H and O–H groups in total. The van der Waals surface area contributed by atoms with Crippen molar-refractivity contribution in [2.75, 3.05) is 5.33 Å². The van der Waals surface area contributed by atoms with E-state index in [1.165, 1.54) is 43.2 Å². The van der Waals surface area contributed by atoms with Gasteiger partial charge in [-0.1, -0.05) is 64.5 Å². The van der Waals surface area contributed by atoms with Gasteiger partial charge in [-0.25, -0.2) is 0 Å². The molecule has 1 saturated carbocycles. The minimum absolute atomic E-state index is 0.771. The third kappa shape index (κ3) is 3.61. The Kier molecular flexibility index (Phi) is 5.32. The fourth-order valence-electron chi connectivity index (χ4n) is 2.74. The summed E-state index contributed by atoms with van der Waals surface area (Å²) in [5.74, 6) is 0.771. The van der Waals surface area contributed by atoms with E-state index in [0.717, 1.165) is 16.3 Å². The molecule has 0 radical (unpaired) electrons. The smallest absolute Gasteiger partial charge is 0.0409 e. The van der Waals surface area contributed by atoms with Crippen LogP contribution in [0.4, 0.5) is 0 Å². The Morgan fingerprint density at radius 1 is 1.33 bits per heavy atom. The number of halogens is 2. The molecule has 0 amide bonds. The number of rotatable bonds is 3. The minimum Gasteiger partial charge on any atom is -0.0880 e.